The lowest BCUT2D eigenvalue weighted by atomic mass is 9.79. The Labute approximate surface area is 156 Å². The third-order valence-electron chi connectivity index (χ3n) is 4.33. The highest BCUT2D eigenvalue weighted by atomic mass is 19.4. The first-order valence-corrected chi connectivity index (χ1v) is 8.55. The molecule has 6 heteroatoms. The van der Waals surface area contributed by atoms with Crippen LogP contribution in [0.25, 0.3) is 0 Å². The normalized spacial score (nSPS) is 13.3. The molecule has 0 aliphatic carbocycles. The van der Waals surface area contributed by atoms with Gasteiger partial charge in [-0.2, -0.15) is 13.2 Å². The smallest absolute Gasteiger partial charge is 0.416 e. The molecule has 0 amide bonds. The fraction of sp³-hybridized carbons (Fsp3) is 0.381. The Balaban J connectivity index is 2.09. The van der Waals surface area contributed by atoms with Gasteiger partial charge < -0.3 is 9.84 Å². The van der Waals surface area contributed by atoms with Crippen molar-refractivity contribution in [3.8, 4) is 0 Å². The zero-order valence-corrected chi connectivity index (χ0v) is 15.5. The molecule has 1 atom stereocenters. The number of aliphatic hydroxyl groups excluding tert-OH is 1. The summed E-state index contributed by atoms with van der Waals surface area (Å²) in [4.78, 5) is 12.1. The van der Waals surface area contributed by atoms with Crippen LogP contribution in [0.3, 0.4) is 0 Å². The number of rotatable bonds is 6. The number of aryl methyl sites for hydroxylation is 1. The van der Waals surface area contributed by atoms with Crippen molar-refractivity contribution >= 4 is 5.97 Å². The first-order valence-electron chi connectivity index (χ1n) is 8.55. The van der Waals surface area contributed by atoms with Crippen LogP contribution >= 0.6 is 0 Å². The van der Waals surface area contributed by atoms with E-state index < -0.39 is 29.2 Å². The number of carbonyl (C=O) groups is 1. The van der Waals surface area contributed by atoms with E-state index in [-0.39, 0.29) is 18.6 Å². The maximum Gasteiger partial charge on any atom is 0.416 e. The van der Waals surface area contributed by atoms with E-state index in [2.05, 4.69) is 0 Å². The predicted octanol–water partition coefficient (Wildman–Crippen LogP) is 5.21. The van der Waals surface area contributed by atoms with Gasteiger partial charge in [0.1, 0.15) is 6.61 Å². The topological polar surface area (TPSA) is 46.5 Å². The van der Waals surface area contributed by atoms with Crippen molar-refractivity contribution in [3.63, 3.8) is 0 Å². The van der Waals surface area contributed by atoms with Crippen LogP contribution in [0.1, 0.15) is 48.6 Å². The molecule has 0 aromatic heterocycles. The van der Waals surface area contributed by atoms with Gasteiger partial charge in [0.25, 0.3) is 0 Å². The first kappa shape index (κ1) is 21.0. The summed E-state index contributed by atoms with van der Waals surface area (Å²) in [5, 5.41) is 10.6. The number of esters is 1. The van der Waals surface area contributed by atoms with E-state index in [9.17, 15) is 23.1 Å². The first-order chi connectivity index (χ1) is 12.5. The van der Waals surface area contributed by atoms with Crippen molar-refractivity contribution in [1.82, 2.24) is 0 Å². The van der Waals surface area contributed by atoms with E-state index in [1.54, 1.807) is 13.8 Å². The van der Waals surface area contributed by atoms with E-state index in [0.29, 0.717) is 5.56 Å². The van der Waals surface area contributed by atoms with E-state index in [0.717, 1.165) is 17.7 Å². The summed E-state index contributed by atoms with van der Waals surface area (Å²) >= 11 is 0. The van der Waals surface area contributed by atoms with Crippen LogP contribution in [-0.2, 0) is 22.3 Å². The summed E-state index contributed by atoms with van der Waals surface area (Å²) in [5.41, 5.74) is -0.467. The second-order valence-corrected chi connectivity index (χ2v) is 7.34. The van der Waals surface area contributed by atoms with Gasteiger partial charge in [0.15, 0.2) is 0 Å². The molecule has 0 saturated heterocycles. The highest BCUT2D eigenvalue weighted by molar-refractivity contribution is 5.70. The molecule has 0 radical (unpaired) electrons. The molecule has 1 N–H and O–H groups in total. The minimum atomic E-state index is -4.50. The Morgan fingerprint density at radius 3 is 2.33 bits per heavy atom. The van der Waals surface area contributed by atoms with E-state index in [1.165, 1.54) is 13.0 Å². The largest absolute Gasteiger partial charge is 0.461 e. The Morgan fingerprint density at radius 2 is 1.74 bits per heavy atom. The summed E-state index contributed by atoms with van der Waals surface area (Å²) < 4.78 is 44.3. The Morgan fingerprint density at radius 1 is 1.11 bits per heavy atom. The molecule has 2 aromatic rings. The van der Waals surface area contributed by atoms with Gasteiger partial charge >= 0.3 is 12.1 Å². The van der Waals surface area contributed by atoms with Gasteiger partial charge in [0.05, 0.1) is 18.1 Å². The van der Waals surface area contributed by atoms with Crippen LogP contribution in [0, 0.1) is 12.3 Å². The molecule has 0 aliphatic heterocycles. The molecule has 0 aliphatic rings. The van der Waals surface area contributed by atoms with Crippen molar-refractivity contribution in [3.05, 3.63) is 70.8 Å². The van der Waals surface area contributed by atoms with Crippen LogP contribution < -0.4 is 0 Å². The van der Waals surface area contributed by atoms with Crippen LogP contribution in [0.4, 0.5) is 13.2 Å². The minimum Gasteiger partial charge on any atom is -0.461 e. The van der Waals surface area contributed by atoms with Crippen molar-refractivity contribution in [2.75, 3.05) is 0 Å². The molecule has 2 aromatic carbocycles. The molecule has 0 spiro atoms. The van der Waals surface area contributed by atoms with Gasteiger partial charge in [0.2, 0.25) is 0 Å². The molecule has 0 fully saturated rings. The molecule has 27 heavy (non-hydrogen) atoms. The van der Waals surface area contributed by atoms with Crippen molar-refractivity contribution in [2.45, 2.75) is 46.1 Å². The minimum absolute atomic E-state index is 0.106. The van der Waals surface area contributed by atoms with Crippen LogP contribution in [0.15, 0.2) is 48.5 Å². The average molecular weight is 380 g/mol. The van der Waals surface area contributed by atoms with Crippen molar-refractivity contribution in [1.29, 1.82) is 0 Å². The molecule has 0 bridgehead atoms. The highest BCUT2D eigenvalue weighted by Crippen LogP contribution is 2.39. The van der Waals surface area contributed by atoms with Gasteiger partial charge in [-0.15, -0.1) is 0 Å². The van der Waals surface area contributed by atoms with Crippen LogP contribution in [0.5, 0.6) is 0 Å². The second kappa shape index (κ2) is 8.13. The quantitative estimate of drug-likeness (QED) is 0.700. The number of benzene rings is 2. The Kier molecular flexibility index (Phi) is 6.31. The van der Waals surface area contributed by atoms with Gasteiger partial charge in [-0.1, -0.05) is 55.8 Å². The molecule has 0 heterocycles. The third-order valence-corrected chi connectivity index (χ3v) is 4.33. The van der Waals surface area contributed by atoms with Gasteiger partial charge in [0, 0.05) is 5.41 Å². The molecular formula is C21H23F3O3. The van der Waals surface area contributed by atoms with E-state index in [4.69, 9.17) is 4.74 Å². The number of hydrogen-bond donors (Lipinski definition) is 1. The third kappa shape index (κ3) is 5.82. The van der Waals surface area contributed by atoms with Gasteiger partial charge in [-0.05, 0) is 30.2 Å². The lowest BCUT2D eigenvalue weighted by molar-refractivity contribution is -0.149. The molecule has 2 rings (SSSR count). The van der Waals surface area contributed by atoms with Crippen molar-refractivity contribution < 1.29 is 27.8 Å². The molecule has 3 nitrogen and oxygen atoms in total. The zero-order chi connectivity index (χ0) is 20.2. The number of halogens is 3. The standard InChI is InChI=1S/C21H23F3O3/c1-14-9-16(11-17(10-14)21(22,23)24)19(26)20(2,3)12-18(25)27-13-15-7-5-4-6-8-15/h4-11,19,26H,12-13H2,1-3H3. The lowest BCUT2D eigenvalue weighted by Gasteiger charge is -2.30. The summed E-state index contributed by atoms with van der Waals surface area (Å²) in [5.74, 6) is -0.522. The predicted molar refractivity (Wildman–Crippen MR) is 95.8 cm³/mol. The molecule has 146 valence electrons. The number of alkyl halides is 3. The highest BCUT2D eigenvalue weighted by Gasteiger charge is 2.35. The number of carbonyl (C=O) groups excluding carboxylic acids is 1. The Bertz CT molecular complexity index is 783. The average Bonchev–Trinajstić information content (AvgIpc) is 2.58. The second-order valence-electron chi connectivity index (χ2n) is 7.34. The maximum atomic E-state index is 13.0. The SMILES string of the molecule is Cc1cc(C(O)C(C)(C)CC(=O)OCc2ccccc2)cc(C(F)(F)F)c1. The van der Waals surface area contributed by atoms with Crippen LogP contribution in [-0.4, -0.2) is 11.1 Å². The number of aliphatic hydroxyl groups is 1. The van der Waals surface area contributed by atoms with E-state index in [1.807, 2.05) is 30.3 Å². The summed E-state index contributed by atoms with van der Waals surface area (Å²) in [7, 11) is 0. The summed E-state index contributed by atoms with van der Waals surface area (Å²) in [6.45, 7) is 4.88. The Hall–Kier alpha value is -2.34. The van der Waals surface area contributed by atoms with Crippen LogP contribution in [0.2, 0.25) is 0 Å². The van der Waals surface area contributed by atoms with Gasteiger partial charge in [-0.3, -0.25) is 4.79 Å². The maximum absolute atomic E-state index is 13.0. The summed E-state index contributed by atoms with van der Waals surface area (Å²) in [6.07, 6.45) is -5.88. The number of hydrogen-bond acceptors (Lipinski definition) is 3. The molecule has 1 unspecified atom stereocenters. The van der Waals surface area contributed by atoms with Crippen molar-refractivity contribution in [2.24, 2.45) is 5.41 Å². The molecule has 0 saturated carbocycles. The summed E-state index contributed by atoms with van der Waals surface area (Å²) in [6, 6.07) is 12.6. The fourth-order valence-corrected chi connectivity index (χ4v) is 2.84. The lowest BCUT2D eigenvalue weighted by Crippen LogP contribution is -2.27. The fourth-order valence-electron chi connectivity index (χ4n) is 2.84. The zero-order valence-electron chi connectivity index (χ0n) is 15.5. The number of ether oxygens (including phenoxy) is 1. The van der Waals surface area contributed by atoms with E-state index >= 15 is 0 Å². The van der Waals surface area contributed by atoms with Gasteiger partial charge in [-0.25, -0.2) is 0 Å². The molecular weight excluding hydrogens is 357 g/mol. The monoisotopic (exact) mass is 380 g/mol.